The lowest BCUT2D eigenvalue weighted by atomic mass is 9.56. The molecule has 0 aliphatic heterocycles. The van der Waals surface area contributed by atoms with Crippen LogP contribution in [0.1, 0.15) is 69.3 Å². The van der Waals surface area contributed by atoms with Gasteiger partial charge in [0.05, 0.1) is 23.6 Å². The van der Waals surface area contributed by atoms with E-state index in [4.69, 9.17) is 27.9 Å². The van der Waals surface area contributed by atoms with Crippen molar-refractivity contribution in [3.05, 3.63) is 33.8 Å². The highest BCUT2D eigenvalue weighted by molar-refractivity contribution is 6.42. The van der Waals surface area contributed by atoms with Gasteiger partial charge in [-0.05, 0) is 60.6 Å². The summed E-state index contributed by atoms with van der Waals surface area (Å²) >= 11 is 12.4. The maximum atomic E-state index is 12.3. The molecule has 3 rings (SSSR count). The second-order valence-corrected chi connectivity index (χ2v) is 8.25. The van der Waals surface area contributed by atoms with Crippen LogP contribution in [0.4, 0.5) is 0 Å². The van der Waals surface area contributed by atoms with Crippen LogP contribution in [0.3, 0.4) is 0 Å². The van der Waals surface area contributed by atoms with E-state index in [9.17, 15) is 4.79 Å². The van der Waals surface area contributed by atoms with Gasteiger partial charge in [-0.3, -0.25) is 4.79 Å². The predicted molar refractivity (Wildman–Crippen MR) is 98.7 cm³/mol. The fraction of sp³-hybridized carbons (Fsp3) is 0.650. The number of methoxy groups -OCH3 is 1. The van der Waals surface area contributed by atoms with Crippen molar-refractivity contribution in [2.75, 3.05) is 7.11 Å². The predicted octanol–water partition coefficient (Wildman–Crippen LogP) is 6.39. The lowest BCUT2D eigenvalue weighted by Gasteiger charge is -2.48. The first-order valence-electron chi connectivity index (χ1n) is 9.08. The molecule has 24 heavy (non-hydrogen) atoms. The van der Waals surface area contributed by atoms with E-state index in [0.29, 0.717) is 28.3 Å². The minimum Gasteiger partial charge on any atom is -0.469 e. The summed E-state index contributed by atoms with van der Waals surface area (Å²) in [7, 11) is 1.50. The zero-order valence-corrected chi connectivity index (χ0v) is 15.8. The molecule has 0 radical (unpaired) electrons. The van der Waals surface area contributed by atoms with Crippen LogP contribution in [0.5, 0.6) is 0 Å². The van der Waals surface area contributed by atoms with Crippen LogP contribution in [0.15, 0.2) is 18.2 Å². The van der Waals surface area contributed by atoms with Gasteiger partial charge in [0.2, 0.25) is 0 Å². The highest BCUT2D eigenvalue weighted by atomic mass is 35.5. The summed E-state index contributed by atoms with van der Waals surface area (Å²) in [6.07, 6.45) is 10.2. The maximum Gasteiger partial charge on any atom is 0.306 e. The number of hydrogen-bond donors (Lipinski definition) is 0. The van der Waals surface area contributed by atoms with Crippen molar-refractivity contribution in [2.24, 2.45) is 11.3 Å². The number of benzene rings is 1. The number of halogens is 2. The Kier molecular flexibility index (Phi) is 5.77. The van der Waals surface area contributed by atoms with Crippen LogP contribution in [-0.4, -0.2) is 13.1 Å². The molecule has 0 saturated heterocycles. The lowest BCUT2D eigenvalue weighted by molar-refractivity contribution is -0.146. The minimum absolute atomic E-state index is 0.0129. The van der Waals surface area contributed by atoms with Crippen LogP contribution in [-0.2, 0) is 9.53 Å². The molecule has 2 aliphatic rings. The van der Waals surface area contributed by atoms with E-state index in [-0.39, 0.29) is 11.4 Å². The Hall–Kier alpha value is -0.730. The summed E-state index contributed by atoms with van der Waals surface area (Å²) in [5.74, 6) is 0.897. The Morgan fingerprint density at radius 1 is 1.12 bits per heavy atom. The topological polar surface area (TPSA) is 26.3 Å². The molecule has 2 aliphatic carbocycles. The molecule has 2 unspecified atom stereocenters. The van der Waals surface area contributed by atoms with E-state index in [0.717, 1.165) is 12.8 Å². The van der Waals surface area contributed by atoms with Gasteiger partial charge >= 0.3 is 5.97 Å². The summed E-state index contributed by atoms with van der Waals surface area (Å²) < 4.78 is 5.08. The quantitative estimate of drug-likeness (QED) is 0.575. The Morgan fingerprint density at radius 2 is 1.83 bits per heavy atom. The normalized spacial score (nSPS) is 28.0. The standard InChI is InChI=1S/C20H26Cl2O2/c1-24-19(23)13-20(15-6-2-3-7-15)11-5-4-8-16(20)14-9-10-17(21)18(22)12-14/h9-10,12,15-16H,2-8,11,13H2,1H3. The molecule has 0 N–H and O–H groups in total. The highest BCUT2D eigenvalue weighted by Crippen LogP contribution is 2.58. The smallest absolute Gasteiger partial charge is 0.306 e. The molecule has 2 saturated carbocycles. The van der Waals surface area contributed by atoms with Crippen molar-refractivity contribution in [1.29, 1.82) is 0 Å². The number of hydrogen-bond acceptors (Lipinski definition) is 2. The molecule has 1 aromatic carbocycles. The van der Waals surface area contributed by atoms with Gasteiger partial charge in [0.1, 0.15) is 0 Å². The molecule has 4 heteroatoms. The molecule has 132 valence electrons. The fourth-order valence-corrected chi connectivity index (χ4v) is 5.48. The highest BCUT2D eigenvalue weighted by Gasteiger charge is 2.49. The van der Waals surface area contributed by atoms with Gasteiger partial charge in [-0.1, -0.05) is 55.0 Å². The van der Waals surface area contributed by atoms with E-state index in [1.54, 1.807) is 0 Å². The molecule has 2 fully saturated rings. The molecule has 0 aromatic heterocycles. The van der Waals surface area contributed by atoms with Crippen LogP contribution < -0.4 is 0 Å². The van der Waals surface area contributed by atoms with Crippen molar-refractivity contribution in [3.8, 4) is 0 Å². The molecule has 0 spiro atoms. The van der Waals surface area contributed by atoms with Crippen LogP contribution in [0, 0.1) is 11.3 Å². The largest absolute Gasteiger partial charge is 0.469 e. The first kappa shape index (κ1) is 18.1. The van der Waals surface area contributed by atoms with E-state index in [2.05, 4.69) is 6.07 Å². The summed E-state index contributed by atoms with van der Waals surface area (Å²) in [5, 5.41) is 1.20. The number of carbonyl (C=O) groups excluding carboxylic acids is 1. The first-order valence-corrected chi connectivity index (χ1v) is 9.84. The molecular weight excluding hydrogens is 343 g/mol. The van der Waals surface area contributed by atoms with Crippen molar-refractivity contribution >= 4 is 29.2 Å². The van der Waals surface area contributed by atoms with E-state index < -0.39 is 0 Å². The second kappa shape index (κ2) is 7.66. The maximum absolute atomic E-state index is 12.3. The first-order chi connectivity index (χ1) is 11.6. The molecule has 1 aromatic rings. The molecule has 2 atom stereocenters. The number of carbonyl (C=O) groups is 1. The molecular formula is C20H26Cl2O2. The number of esters is 1. The lowest BCUT2D eigenvalue weighted by Crippen LogP contribution is -2.40. The Labute approximate surface area is 154 Å². The zero-order valence-electron chi connectivity index (χ0n) is 14.3. The van der Waals surface area contributed by atoms with Gasteiger partial charge in [0.25, 0.3) is 0 Å². The van der Waals surface area contributed by atoms with E-state index >= 15 is 0 Å². The van der Waals surface area contributed by atoms with Gasteiger partial charge in [-0.15, -0.1) is 0 Å². The van der Waals surface area contributed by atoms with Gasteiger partial charge in [-0.2, -0.15) is 0 Å². The summed E-state index contributed by atoms with van der Waals surface area (Å²) in [6, 6.07) is 6.01. The van der Waals surface area contributed by atoms with Gasteiger partial charge in [0, 0.05) is 0 Å². The van der Waals surface area contributed by atoms with Crippen molar-refractivity contribution in [1.82, 2.24) is 0 Å². The summed E-state index contributed by atoms with van der Waals surface area (Å²) in [5.41, 5.74) is 1.25. The van der Waals surface area contributed by atoms with Crippen molar-refractivity contribution in [2.45, 2.75) is 63.7 Å². The third-order valence-electron chi connectivity index (χ3n) is 6.29. The van der Waals surface area contributed by atoms with E-state index in [1.807, 2.05) is 12.1 Å². The Bertz CT molecular complexity index is 595. The number of ether oxygens (including phenoxy) is 1. The van der Waals surface area contributed by atoms with E-state index in [1.165, 1.54) is 51.2 Å². The molecule has 0 heterocycles. The molecule has 0 bridgehead atoms. The van der Waals surface area contributed by atoms with Crippen LogP contribution in [0.2, 0.25) is 10.0 Å². The average Bonchev–Trinajstić information content (AvgIpc) is 3.13. The second-order valence-electron chi connectivity index (χ2n) is 7.44. The van der Waals surface area contributed by atoms with Gasteiger partial charge < -0.3 is 4.74 Å². The summed E-state index contributed by atoms with van der Waals surface area (Å²) in [6.45, 7) is 0. The Balaban J connectivity index is 2.01. The van der Waals surface area contributed by atoms with Gasteiger partial charge in [0.15, 0.2) is 0 Å². The summed E-state index contributed by atoms with van der Waals surface area (Å²) in [4.78, 5) is 12.3. The third-order valence-corrected chi connectivity index (χ3v) is 7.03. The fourth-order valence-electron chi connectivity index (χ4n) is 5.18. The zero-order chi connectivity index (χ0) is 17.2. The van der Waals surface area contributed by atoms with Crippen molar-refractivity contribution < 1.29 is 9.53 Å². The Morgan fingerprint density at radius 3 is 2.50 bits per heavy atom. The molecule has 0 amide bonds. The number of rotatable bonds is 4. The van der Waals surface area contributed by atoms with Crippen molar-refractivity contribution in [3.63, 3.8) is 0 Å². The molecule has 2 nitrogen and oxygen atoms in total. The third kappa shape index (κ3) is 3.46. The minimum atomic E-state index is -0.0751. The van der Waals surface area contributed by atoms with Gasteiger partial charge in [-0.25, -0.2) is 0 Å². The SMILES string of the molecule is COC(=O)CC1(C2CCCC2)CCCCC1c1ccc(Cl)c(Cl)c1. The monoisotopic (exact) mass is 368 g/mol. The average molecular weight is 369 g/mol. The van der Waals surface area contributed by atoms with Crippen LogP contribution >= 0.6 is 23.2 Å². The van der Waals surface area contributed by atoms with Crippen LogP contribution in [0.25, 0.3) is 0 Å².